The lowest BCUT2D eigenvalue weighted by molar-refractivity contribution is -0.133. The van der Waals surface area contributed by atoms with Crippen molar-refractivity contribution in [1.29, 1.82) is 0 Å². The van der Waals surface area contributed by atoms with Crippen molar-refractivity contribution in [3.63, 3.8) is 0 Å². The third-order valence-electron chi connectivity index (χ3n) is 3.90. The number of amides is 2. The first-order chi connectivity index (χ1) is 10.5. The van der Waals surface area contributed by atoms with Gasteiger partial charge in [-0.25, -0.2) is 0 Å². The van der Waals surface area contributed by atoms with Crippen LogP contribution in [-0.2, 0) is 11.3 Å². The van der Waals surface area contributed by atoms with Gasteiger partial charge in [-0.2, -0.15) is 0 Å². The summed E-state index contributed by atoms with van der Waals surface area (Å²) in [6, 6.07) is 7.68. The summed E-state index contributed by atoms with van der Waals surface area (Å²) in [6.07, 6.45) is 0.978. The zero-order valence-electron chi connectivity index (χ0n) is 14.0. The van der Waals surface area contributed by atoms with Crippen LogP contribution in [-0.4, -0.2) is 42.9 Å². The second-order valence-electron chi connectivity index (χ2n) is 6.21. The van der Waals surface area contributed by atoms with Gasteiger partial charge in [0.1, 0.15) is 0 Å². The highest BCUT2D eigenvalue weighted by Crippen LogP contribution is 2.10. The molecule has 1 aromatic rings. The molecule has 1 fully saturated rings. The topological polar surface area (TPSA) is 61.4 Å². The number of hydrogen-bond donors (Lipinski definition) is 2. The lowest BCUT2D eigenvalue weighted by Crippen LogP contribution is -2.36. The van der Waals surface area contributed by atoms with Crippen LogP contribution in [0.15, 0.2) is 24.3 Å². The minimum atomic E-state index is -0.0353. The maximum absolute atomic E-state index is 12.1. The van der Waals surface area contributed by atoms with Crippen LogP contribution in [0.5, 0.6) is 0 Å². The van der Waals surface area contributed by atoms with E-state index in [1.807, 2.05) is 38.1 Å². The highest BCUT2D eigenvalue weighted by atomic mass is 35.5. The van der Waals surface area contributed by atoms with Crippen LogP contribution in [0.2, 0.25) is 0 Å². The monoisotopic (exact) mass is 339 g/mol. The minimum absolute atomic E-state index is 0. The molecule has 1 saturated heterocycles. The van der Waals surface area contributed by atoms with E-state index >= 15 is 0 Å². The fourth-order valence-corrected chi connectivity index (χ4v) is 2.60. The van der Waals surface area contributed by atoms with Crippen molar-refractivity contribution >= 4 is 24.2 Å². The van der Waals surface area contributed by atoms with E-state index < -0.39 is 0 Å². The Morgan fingerprint density at radius 3 is 2.48 bits per heavy atom. The average Bonchev–Trinajstić information content (AvgIpc) is 2.99. The standard InChI is InChI=1S/C17H25N3O2.ClH/c1-12(2)17(22)20(3)11-13-4-6-14(7-5-13)16(21)19-15-8-9-18-10-15;/h4-7,12,15,18H,8-11H2,1-3H3,(H,19,21);1H. The molecule has 0 aliphatic carbocycles. The summed E-state index contributed by atoms with van der Waals surface area (Å²) in [7, 11) is 1.80. The number of hydrogen-bond acceptors (Lipinski definition) is 3. The predicted octanol–water partition coefficient (Wildman–Crippen LogP) is 1.81. The Bertz CT molecular complexity index is 525. The number of carbonyl (C=O) groups excluding carboxylic acids is 2. The summed E-state index contributed by atoms with van der Waals surface area (Å²) in [6.45, 7) is 6.14. The predicted molar refractivity (Wildman–Crippen MR) is 93.7 cm³/mol. The minimum Gasteiger partial charge on any atom is -0.348 e. The number of nitrogens with zero attached hydrogens (tertiary/aromatic N) is 1. The molecule has 5 nitrogen and oxygen atoms in total. The molecule has 0 bridgehead atoms. The van der Waals surface area contributed by atoms with Crippen LogP contribution in [0.3, 0.4) is 0 Å². The zero-order chi connectivity index (χ0) is 16.1. The summed E-state index contributed by atoms with van der Waals surface area (Å²) in [5, 5.41) is 6.25. The molecule has 0 saturated carbocycles. The van der Waals surface area contributed by atoms with Crippen LogP contribution in [0, 0.1) is 5.92 Å². The normalized spacial score (nSPS) is 16.8. The van der Waals surface area contributed by atoms with Crippen LogP contribution in [0.25, 0.3) is 0 Å². The van der Waals surface area contributed by atoms with E-state index in [0.717, 1.165) is 25.1 Å². The maximum Gasteiger partial charge on any atom is 0.251 e. The van der Waals surface area contributed by atoms with Crippen molar-refractivity contribution in [2.24, 2.45) is 5.92 Å². The van der Waals surface area contributed by atoms with Crippen LogP contribution >= 0.6 is 12.4 Å². The first-order valence-corrected chi connectivity index (χ1v) is 7.83. The molecule has 1 atom stereocenters. The molecule has 23 heavy (non-hydrogen) atoms. The summed E-state index contributed by atoms with van der Waals surface area (Å²) < 4.78 is 0. The van der Waals surface area contributed by atoms with Gasteiger partial charge in [0.15, 0.2) is 0 Å². The van der Waals surface area contributed by atoms with E-state index in [4.69, 9.17) is 0 Å². The first-order valence-electron chi connectivity index (χ1n) is 7.83. The number of carbonyl (C=O) groups is 2. The quantitative estimate of drug-likeness (QED) is 0.860. The number of nitrogens with one attached hydrogen (secondary N) is 2. The van der Waals surface area contributed by atoms with Gasteiger partial charge >= 0.3 is 0 Å². The molecular weight excluding hydrogens is 314 g/mol. The average molecular weight is 340 g/mol. The van der Waals surface area contributed by atoms with Gasteiger partial charge in [-0.15, -0.1) is 12.4 Å². The Morgan fingerprint density at radius 2 is 1.96 bits per heavy atom. The Morgan fingerprint density at radius 1 is 1.30 bits per heavy atom. The molecule has 1 aromatic carbocycles. The number of rotatable bonds is 5. The van der Waals surface area contributed by atoms with Crippen molar-refractivity contribution < 1.29 is 9.59 Å². The van der Waals surface area contributed by atoms with Crippen molar-refractivity contribution in [3.05, 3.63) is 35.4 Å². The van der Waals surface area contributed by atoms with Gasteiger partial charge in [0, 0.05) is 37.7 Å². The summed E-state index contributed by atoms with van der Waals surface area (Å²) in [5.74, 6) is 0.0810. The molecule has 1 heterocycles. The van der Waals surface area contributed by atoms with E-state index in [0.29, 0.717) is 12.1 Å². The van der Waals surface area contributed by atoms with Crippen LogP contribution < -0.4 is 10.6 Å². The molecular formula is C17H26ClN3O2. The van der Waals surface area contributed by atoms with E-state index in [1.54, 1.807) is 11.9 Å². The number of benzene rings is 1. The van der Waals surface area contributed by atoms with E-state index in [2.05, 4.69) is 10.6 Å². The lowest BCUT2D eigenvalue weighted by Gasteiger charge is -2.19. The van der Waals surface area contributed by atoms with Crippen molar-refractivity contribution in [2.45, 2.75) is 32.9 Å². The fourth-order valence-electron chi connectivity index (χ4n) is 2.60. The second-order valence-corrected chi connectivity index (χ2v) is 6.21. The Kier molecular flexibility index (Phi) is 7.52. The first kappa shape index (κ1) is 19.5. The largest absolute Gasteiger partial charge is 0.348 e. The van der Waals surface area contributed by atoms with Gasteiger partial charge in [0.05, 0.1) is 0 Å². The Hall–Kier alpha value is -1.59. The zero-order valence-corrected chi connectivity index (χ0v) is 14.8. The third-order valence-corrected chi connectivity index (χ3v) is 3.90. The molecule has 2 rings (SSSR count). The van der Waals surface area contributed by atoms with Gasteiger partial charge < -0.3 is 15.5 Å². The summed E-state index contributed by atoms with van der Waals surface area (Å²) in [4.78, 5) is 25.7. The number of halogens is 1. The van der Waals surface area contributed by atoms with E-state index in [1.165, 1.54) is 0 Å². The van der Waals surface area contributed by atoms with Gasteiger partial charge in [-0.1, -0.05) is 26.0 Å². The van der Waals surface area contributed by atoms with Gasteiger partial charge in [-0.05, 0) is 30.7 Å². The van der Waals surface area contributed by atoms with Crippen LogP contribution in [0.1, 0.15) is 36.2 Å². The van der Waals surface area contributed by atoms with Gasteiger partial charge in [0.25, 0.3) is 5.91 Å². The third kappa shape index (κ3) is 5.52. The Labute approximate surface area is 144 Å². The molecule has 0 spiro atoms. The molecule has 1 aliphatic heterocycles. The second kappa shape index (κ2) is 8.89. The molecule has 2 N–H and O–H groups in total. The summed E-state index contributed by atoms with van der Waals surface area (Å²) >= 11 is 0. The van der Waals surface area contributed by atoms with Gasteiger partial charge in [0.2, 0.25) is 5.91 Å². The van der Waals surface area contributed by atoms with Gasteiger partial charge in [-0.3, -0.25) is 9.59 Å². The van der Waals surface area contributed by atoms with Crippen LogP contribution in [0.4, 0.5) is 0 Å². The fraction of sp³-hybridized carbons (Fsp3) is 0.529. The SMILES string of the molecule is CC(C)C(=O)N(C)Cc1ccc(C(=O)NC2CCNC2)cc1.Cl. The highest BCUT2D eigenvalue weighted by molar-refractivity contribution is 5.94. The summed E-state index contributed by atoms with van der Waals surface area (Å²) in [5.41, 5.74) is 1.68. The van der Waals surface area contributed by atoms with Crippen molar-refractivity contribution in [1.82, 2.24) is 15.5 Å². The smallest absolute Gasteiger partial charge is 0.251 e. The molecule has 1 unspecified atom stereocenters. The van der Waals surface area contributed by atoms with Crippen molar-refractivity contribution in [3.8, 4) is 0 Å². The molecule has 2 amide bonds. The van der Waals surface area contributed by atoms with Crippen molar-refractivity contribution in [2.75, 3.05) is 20.1 Å². The molecule has 6 heteroatoms. The molecule has 0 radical (unpaired) electrons. The maximum atomic E-state index is 12.1. The molecule has 0 aromatic heterocycles. The van der Waals surface area contributed by atoms with E-state index in [-0.39, 0.29) is 36.2 Å². The molecule has 128 valence electrons. The molecule has 1 aliphatic rings. The Balaban J connectivity index is 0.00000264. The highest BCUT2D eigenvalue weighted by Gasteiger charge is 2.17. The lowest BCUT2D eigenvalue weighted by atomic mass is 10.1. The van der Waals surface area contributed by atoms with E-state index in [9.17, 15) is 9.59 Å².